The number of anilines is 1. The Labute approximate surface area is 115 Å². The summed E-state index contributed by atoms with van der Waals surface area (Å²) in [4.78, 5) is 16.5. The van der Waals surface area contributed by atoms with Gasteiger partial charge in [0.2, 0.25) is 0 Å². The number of amides is 1. The highest BCUT2D eigenvalue weighted by molar-refractivity contribution is 7.09. The van der Waals surface area contributed by atoms with Crippen LogP contribution in [-0.4, -0.2) is 20.7 Å². The first-order chi connectivity index (χ1) is 9.17. The fourth-order valence-electron chi connectivity index (χ4n) is 1.86. The Bertz CT molecular complexity index is 548. The molecule has 0 aliphatic carbocycles. The Morgan fingerprint density at radius 3 is 2.95 bits per heavy atom. The molecule has 1 unspecified atom stereocenters. The Balaban J connectivity index is 2.18. The second-order valence-corrected chi connectivity index (χ2v) is 5.00. The zero-order chi connectivity index (χ0) is 13.8. The Morgan fingerprint density at radius 1 is 1.58 bits per heavy atom. The van der Waals surface area contributed by atoms with Gasteiger partial charge in [0.25, 0.3) is 5.91 Å². The summed E-state index contributed by atoms with van der Waals surface area (Å²) in [5.74, 6) is -0.209. The number of nitrogen functional groups attached to an aromatic ring is 1. The topological polar surface area (TPSA) is 85.8 Å². The first-order valence-electron chi connectivity index (χ1n) is 6.18. The van der Waals surface area contributed by atoms with Crippen molar-refractivity contribution in [3.63, 3.8) is 0 Å². The number of nitrogens with two attached hydrogens (primary N) is 1. The lowest BCUT2D eigenvalue weighted by molar-refractivity contribution is 0.0925. The minimum Gasteiger partial charge on any atom is -0.396 e. The average Bonchev–Trinajstić information content (AvgIpc) is 3.04. The summed E-state index contributed by atoms with van der Waals surface area (Å²) >= 11 is 1.53. The predicted molar refractivity (Wildman–Crippen MR) is 74.9 cm³/mol. The van der Waals surface area contributed by atoms with Gasteiger partial charge in [-0.05, 0) is 13.3 Å². The molecular formula is C12H17N5OS. The largest absolute Gasteiger partial charge is 0.396 e. The van der Waals surface area contributed by atoms with Gasteiger partial charge in [-0.3, -0.25) is 9.48 Å². The van der Waals surface area contributed by atoms with E-state index < -0.39 is 0 Å². The molecule has 0 aliphatic heterocycles. The van der Waals surface area contributed by atoms with Gasteiger partial charge in [-0.15, -0.1) is 11.3 Å². The van der Waals surface area contributed by atoms with E-state index in [4.69, 9.17) is 5.73 Å². The van der Waals surface area contributed by atoms with Crippen molar-refractivity contribution in [2.75, 3.05) is 5.73 Å². The van der Waals surface area contributed by atoms with Crippen LogP contribution in [0, 0.1) is 0 Å². The third-order valence-electron chi connectivity index (χ3n) is 2.85. The summed E-state index contributed by atoms with van der Waals surface area (Å²) in [6.45, 7) is 4.53. The van der Waals surface area contributed by atoms with Gasteiger partial charge in [-0.25, -0.2) is 4.98 Å². The molecule has 0 spiro atoms. The second-order valence-electron chi connectivity index (χ2n) is 4.07. The maximum absolute atomic E-state index is 12.3. The molecule has 2 aromatic rings. The molecule has 7 heteroatoms. The molecule has 2 rings (SSSR count). The Hall–Kier alpha value is -1.89. The lowest BCUT2D eigenvalue weighted by atomic mass is 10.2. The quantitative estimate of drug-likeness (QED) is 0.874. The van der Waals surface area contributed by atoms with Crippen LogP contribution in [0.3, 0.4) is 0 Å². The summed E-state index contributed by atoms with van der Waals surface area (Å²) in [7, 11) is 0. The van der Waals surface area contributed by atoms with Crippen LogP contribution >= 0.6 is 11.3 Å². The van der Waals surface area contributed by atoms with Crippen molar-refractivity contribution in [2.45, 2.75) is 32.9 Å². The van der Waals surface area contributed by atoms with Crippen molar-refractivity contribution in [3.05, 3.63) is 28.5 Å². The lowest BCUT2D eigenvalue weighted by Crippen LogP contribution is -2.30. The van der Waals surface area contributed by atoms with Crippen molar-refractivity contribution >= 4 is 22.9 Å². The number of aryl methyl sites for hydroxylation is 1. The Morgan fingerprint density at radius 2 is 2.37 bits per heavy atom. The number of rotatable bonds is 5. The van der Waals surface area contributed by atoms with Crippen LogP contribution in [-0.2, 0) is 6.54 Å². The number of aromatic nitrogens is 3. The molecule has 19 heavy (non-hydrogen) atoms. The third-order valence-corrected chi connectivity index (χ3v) is 3.73. The van der Waals surface area contributed by atoms with Crippen molar-refractivity contribution in [1.29, 1.82) is 0 Å². The molecule has 0 radical (unpaired) electrons. The minimum atomic E-state index is -0.209. The molecule has 0 aliphatic rings. The molecule has 2 heterocycles. The standard InChI is InChI=1S/C12H17N5OS/c1-3-9(12-14-5-6-19-12)16-11(18)10-8(13)7-15-17(10)4-2/h5-7,9H,3-4,13H2,1-2H3,(H,16,18). The van der Waals surface area contributed by atoms with Crippen molar-refractivity contribution in [3.8, 4) is 0 Å². The van der Waals surface area contributed by atoms with Gasteiger partial charge in [-0.2, -0.15) is 5.10 Å². The molecule has 6 nitrogen and oxygen atoms in total. The number of hydrogen-bond donors (Lipinski definition) is 2. The number of thiazole rings is 1. The van der Waals surface area contributed by atoms with E-state index in [9.17, 15) is 4.79 Å². The van der Waals surface area contributed by atoms with Crippen LogP contribution in [0.25, 0.3) is 0 Å². The molecule has 0 saturated heterocycles. The predicted octanol–water partition coefficient (Wildman–Crippen LogP) is 1.82. The van der Waals surface area contributed by atoms with Crippen LogP contribution in [0.15, 0.2) is 17.8 Å². The molecule has 1 amide bonds. The normalized spacial score (nSPS) is 12.3. The number of hydrogen-bond acceptors (Lipinski definition) is 5. The highest BCUT2D eigenvalue weighted by atomic mass is 32.1. The molecule has 3 N–H and O–H groups in total. The zero-order valence-corrected chi connectivity index (χ0v) is 11.8. The second kappa shape index (κ2) is 5.83. The van der Waals surface area contributed by atoms with E-state index in [0.717, 1.165) is 11.4 Å². The van der Waals surface area contributed by atoms with E-state index in [1.54, 1.807) is 10.9 Å². The van der Waals surface area contributed by atoms with Crippen molar-refractivity contribution in [2.24, 2.45) is 0 Å². The molecule has 1 atom stereocenters. The fraction of sp³-hybridized carbons (Fsp3) is 0.417. The van der Waals surface area contributed by atoms with E-state index >= 15 is 0 Å². The fourth-order valence-corrected chi connectivity index (χ4v) is 2.63. The number of carbonyl (C=O) groups is 1. The van der Waals surface area contributed by atoms with Crippen molar-refractivity contribution in [1.82, 2.24) is 20.1 Å². The highest BCUT2D eigenvalue weighted by Gasteiger charge is 2.21. The number of nitrogens with zero attached hydrogens (tertiary/aromatic N) is 3. The molecular weight excluding hydrogens is 262 g/mol. The summed E-state index contributed by atoms with van der Waals surface area (Å²) in [5.41, 5.74) is 6.61. The van der Waals surface area contributed by atoms with Crippen molar-refractivity contribution < 1.29 is 4.79 Å². The lowest BCUT2D eigenvalue weighted by Gasteiger charge is -2.15. The van der Waals surface area contributed by atoms with Gasteiger partial charge >= 0.3 is 0 Å². The molecule has 0 fully saturated rings. The van der Waals surface area contributed by atoms with Gasteiger partial charge < -0.3 is 11.1 Å². The van der Waals surface area contributed by atoms with Gasteiger partial charge in [-0.1, -0.05) is 6.92 Å². The monoisotopic (exact) mass is 279 g/mol. The van der Waals surface area contributed by atoms with E-state index in [-0.39, 0.29) is 11.9 Å². The summed E-state index contributed by atoms with van der Waals surface area (Å²) in [6.07, 6.45) is 4.02. The average molecular weight is 279 g/mol. The van der Waals surface area contributed by atoms with E-state index in [2.05, 4.69) is 15.4 Å². The first-order valence-corrected chi connectivity index (χ1v) is 7.06. The van der Waals surface area contributed by atoms with Gasteiger partial charge in [0.05, 0.1) is 17.9 Å². The first kappa shape index (κ1) is 13.5. The Kier molecular flexibility index (Phi) is 4.16. The molecule has 2 aromatic heterocycles. The van der Waals surface area contributed by atoms with Gasteiger partial charge in [0.15, 0.2) is 0 Å². The summed E-state index contributed by atoms with van der Waals surface area (Å²) in [5, 5.41) is 9.82. The van der Waals surface area contributed by atoms with Gasteiger partial charge in [0.1, 0.15) is 10.7 Å². The molecule has 0 bridgehead atoms. The van der Waals surface area contributed by atoms with Gasteiger partial charge in [0, 0.05) is 18.1 Å². The zero-order valence-electron chi connectivity index (χ0n) is 11.0. The van der Waals surface area contributed by atoms with Crippen LogP contribution in [0.1, 0.15) is 41.8 Å². The number of carbonyl (C=O) groups excluding carboxylic acids is 1. The number of nitrogens with one attached hydrogen (secondary N) is 1. The van der Waals surface area contributed by atoms with Crippen LogP contribution in [0.4, 0.5) is 5.69 Å². The van der Waals surface area contributed by atoms with E-state index in [1.165, 1.54) is 17.5 Å². The smallest absolute Gasteiger partial charge is 0.272 e. The molecule has 0 aromatic carbocycles. The van der Waals surface area contributed by atoms with E-state index in [0.29, 0.717) is 17.9 Å². The minimum absolute atomic E-state index is 0.0906. The van der Waals surface area contributed by atoms with E-state index in [1.807, 2.05) is 19.2 Å². The van der Waals surface area contributed by atoms with Crippen LogP contribution in [0.2, 0.25) is 0 Å². The van der Waals surface area contributed by atoms with Crippen LogP contribution in [0.5, 0.6) is 0 Å². The summed E-state index contributed by atoms with van der Waals surface area (Å²) < 4.78 is 1.60. The summed E-state index contributed by atoms with van der Waals surface area (Å²) in [6, 6.07) is -0.0906. The van der Waals surface area contributed by atoms with Crippen LogP contribution < -0.4 is 11.1 Å². The maximum Gasteiger partial charge on any atom is 0.272 e. The molecule has 0 saturated carbocycles. The third kappa shape index (κ3) is 2.76. The highest BCUT2D eigenvalue weighted by Crippen LogP contribution is 2.20. The SMILES string of the molecule is CCC(NC(=O)c1c(N)cnn1CC)c1nccs1. The molecule has 102 valence electrons. The maximum atomic E-state index is 12.3.